The lowest BCUT2D eigenvalue weighted by Gasteiger charge is -2.38. The minimum absolute atomic E-state index is 0.141. The Kier molecular flexibility index (Phi) is 4.34. The largest absolute Gasteiger partial charge is 0.439 e. The second-order valence-corrected chi connectivity index (χ2v) is 6.63. The van der Waals surface area contributed by atoms with Gasteiger partial charge in [-0.3, -0.25) is 9.69 Å². The molecule has 0 radical (unpaired) electrons. The smallest absolute Gasteiger partial charge is 0.248 e. The highest BCUT2D eigenvalue weighted by Gasteiger charge is 2.25. The van der Waals surface area contributed by atoms with Gasteiger partial charge >= 0.3 is 0 Å². The molecule has 0 bridgehead atoms. The molecule has 134 valence electrons. The van der Waals surface area contributed by atoms with E-state index in [2.05, 4.69) is 21.7 Å². The Morgan fingerprint density at radius 3 is 2.42 bits per heavy atom. The lowest BCUT2D eigenvalue weighted by Crippen LogP contribution is -2.47. The van der Waals surface area contributed by atoms with Crippen molar-refractivity contribution in [2.45, 2.75) is 13.0 Å². The first-order valence-corrected chi connectivity index (χ1v) is 8.86. The molecular weight excluding hydrogens is 328 g/mol. The Hall–Kier alpha value is -2.86. The summed E-state index contributed by atoms with van der Waals surface area (Å²) < 4.78 is 5.92. The molecule has 1 aromatic heterocycles. The molecule has 6 heteroatoms. The van der Waals surface area contributed by atoms with Crippen molar-refractivity contribution in [1.29, 1.82) is 0 Å². The molecule has 1 saturated heterocycles. The number of nitrogens with zero attached hydrogens (tertiary/aromatic N) is 3. The first-order valence-electron chi connectivity index (χ1n) is 8.86. The highest BCUT2D eigenvalue weighted by molar-refractivity contribution is 5.93. The van der Waals surface area contributed by atoms with Crippen LogP contribution in [-0.4, -0.2) is 42.0 Å². The van der Waals surface area contributed by atoms with Crippen LogP contribution >= 0.6 is 0 Å². The second kappa shape index (κ2) is 6.80. The number of benzene rings is 2. The number of carbonyl (C=O) groups excluding carboxylic acids is 1. The van der Waals surface area contributed by atoms with Crippen LogP contribution < -0.4 is 10.6 Å². The first-order chi connectivity index (χ1) is 12.6. The van der Waals surface area contributed by atoms with E-state index in [0.29, 0.717) is 5.56 Å². The van der Waals surface area contributed by atoms with Crippen molar-refractivity contribution in [3.8, 4) is 0 Å². The van der Waals surface area contributed by atoms with Crippen LogP contribution in [0.5, 0.6) is 0 Å². The van der Waals surface area contributed by atoms with Crippen LogP contribution in [-0.2, 0) is 0 Å². The fourth-order valence-corrected chi connectivity index (χ4v) is 3.43. The number of primary amides is 1. The summed E-state index contributed by atoms with van der Waals surface area (Å²) in [4.78, 5) is 20.5. The summed E-state index contributed by atoms with van der Waals surface area (Å²) in [5, 5.41) is 0. The maximum Gasteiger partial charge on any atom is 0.248 e. The third-order valence-corrected chi connectivity index (χ3v) is 5.05. The van der Waals surface area contributed by atoms with Crippen molar-refractivity contribution in [3.05, 3.63) is 60.0 Å². The van der Waals surface area contributed by atoms with Gasteiger partial charge in [0, 0.05) is 37.4 Å². The molecule has 1 fully saturated rings. The maximum atomic E-state index is 11.2. The molecule has 1 aliphatic heterocycles. The topological polar surface area (TPSA) is 75.6 Å². The number of hydrogen-bond acceptors (Lipinski definition) is 5. The van der Waals surface area contributed by atoms with Crippen molar-refractivity contribution < 1.29 is 9.21 Å². The standard InChI is InChI=1S/C20H22N4O2/c1-14(20-22-17-4-2-3-5-18(17)26-20)23-10-12-24(13-11-23)16-8-6-15(7-9-16)19(21)25/h2-9,14H,10-13H2,1H3,(H2,21,25)/t14-/m0/s1. The maximum absolute atomic E-state index is 11.2. The van der Waals surface area contributed by atoms with E-state index in [1.807, 2.05) is 36.4 Å². The predicted octanol–water partition coefficient (Wildman–Crippen LogP) is 2.81. The molecule has 2 N–H and O–H groups in total. The van der Waals surface area contributed by atoms with Gasteiger partial charge in [0.2, 0.25) is 11.8 Å². The number of aromatic nitrogens is 1. The summed E-state index contributed by atoms with van der Waals surface area (Å²) in [6.07, 6.45) is 0. The molecule has 2 heterocycles. The number of anilines is 1. The Labute approximate surface area is 152 Å². The molecule has 0 saturated carbocycles. The van der Waals surface area contributed by atoms with Crippen molar-refractivity contribution >= 4 is 22.7 Å². The average molecular weight is 350 g/mol. The SMILES string of the molecule is C[C@@H](c1nc2ccccc2o1)N1CCN(c2ccc(C(N)=O)cc2)CC1. The van der Waals surface area contributed by atoms with E-state index < -0.39 is 5.91 Å². The summed E-state index contributed by atoms with van der Waals surface area (Å²) in [5.41, 5.74) is 8.70. The molecule has 0 unspecified atom stereocenters. The van der Waals surface area contributed by atoms with Crippen molar-refractivity contribution in [2.75, 3.05) is 31.1 Å². The minimum Gasteiger partial charge on any atom is -0.439 e. The molecule has 3 aromatic rings. The number of rotatable bonds is 4. The highest BCUT2D eigenvalue weighted by atomic mass is 16.3. The van der Waals surface area contributed by atoms with E-state index in [-0.39, 0.29) is 6.04 Å². The number of amides is 1. The molecule has 26 heavy (non-hydrogen) atoms. The van der Waals surface area contributed by atoms with Crippen molar-refractivity contribution in [3.63, 3.8) is 0 Å². The fraction of sp³-hybridized carbons (Fsp3) is 0.300. The van der Waals surface area contributed by atoms with E-state index in [4.69, 9.17) is 10.2 Å². The molecule has 4 rings (SSSR count). The number of fused-ring (bicyclic) bond motifs is 1. The fourth-order valence-electron chi connectivity index (χ4n) is 3.43. The Morgan fingerprint density at radius 1 is 1.08 bits per heavy atom. The van der Waals surface area contributed by atoms with E-state index in [0.717, 1.165) is 48.9 Å². The number of hydrogen-bond donors (Lipinski definition) is 1. The molecule has 0 aliphatic carbocycles. The Morgan fingerprint density at radius 2 is 1.77 bits per heavy atom. The number of nitrogens with two attached hydrogens (primary N) is 1. The van der Waals surface area contributed by atoms with Crippen LogP contribution in [0, 0.1) is 0 Å². The first kappa shape index (κ1) is 16.6. The van der Waals surface area contributed by atoms with Crippen LogP contribution in [0.4, 0.5) is 5.69 Å². The third-order valence-electron chi connectivity index (χ3n) is 5.05. The Balaban J connectivity index is 1.41. The van der Waals surface area contributed by atoms with E-state index in [1.54, 1.807) is 12.1 Å². The van der Waals surface area contributed by atoms with E-state index >= 15 is 0 Å². The summed E-state index contributed by atoms with van der Waals surface area (Å²) >= 11 is 0. The van der Waals surface area contributed by atoms with Gasteiger partial charge in [-0.1, -0.05) is 12.1 Å². The van der Waals surface area contributed by atoms with E-state index in [1.165, 1.54) is 0 Å². The number of oxazole rings is 1. The van der Waals surface area contributed by atoms with Crippen LogP contribution in [0.3, 0.4) is 0 Å². The van der Waals surface area contributed by atoms with Crippen LogP contribution in [0.25, 0.3) is 11.1 Å². The molecule has 1 aliphatic rings. The number of para-hydroxylation sites is 2. The molecule has 1 atom stereocenters. The summed E-state index contributed by atoms with van der Waals surface area (Å²) in [5.74, 6) is 0.374. The van der Waals surface area contributed by atoms with Gasteiger partial charge in [-0.2, -0.15) is 0 Å². The average Bonchev–Trinajstić information content (AvgIpc) is 3.12. The molecule has 6 nitrogen and oxygen atoms in total. The van der Waals surface area contributed by atoms with Gasteiger partial charge in [-0.05, 0) is 43.3 Å². The Bertz CT molecular complexity index is 878. The van der Waals surface area contributed by atoms with Crippen LogP contribution in [0.15, 0.2) is 52.9 Å². The zero-order chi connectivity index (χ0) is 18.1. The quantitative estimate of drug-likeness (QED) is 0.783. The molecule has 0 spiro atoms. The van der Waals surface area contributed by atoms with Gasteiger partial charge < -0.3 is 15.1 Å². The van der Waals surface area contributed by atoms with E-state index in [9.17, 15) is 4.79 Å². The zero-order valence-electron chi connectivity index (χ0n) is 14.8. The van der Waals surface area contributed by atoms with Gasteiger partial charge in [0.05, 0.1) is 6.04 Å². The number of carbonyl (C=O) groups is 1. The zero-order valence-corrected chi connectivity index (χ0v) is 14.8. The molecule has 2 aromatic carbocycles. The molecule has 1 amide bonds. The third kappa shape index (κ3) is 3.15. The van der Waals surface area contributed by atoms with Gasteiger partial charge in [0.15, 0.2) is 5.58 Å². The normalized spacial score (nSPS) is 16.7. The number of piperazine rings is 1. The summed E-state index contributed by atoms with van der Waals surface area (Å²) in [7, 11) is 0. The highest BCUT2D eigenvalue weighted by Crippen LogP contribution is 2.26. The van der Waals surface area contributed by atoms with Crippen LogP contribution in [0.2, 0.25) is 0 Å². The summed E-state index contributed by atoms with van der Waals surface area (Å²) in [6, 6.07) is 15.5. The van der Waals surface area contributed by atoms with Gasteiger partial charge in [0.25, 0.3) is 0 Å². The monoisotopic (exact) mass is 350 g/mol. The lowest BCUT2D eigenvalue weighted by atomic mass is 10.1. The van der Waals surface area contributed by atoms with Crippen molar-refractivity contribution in [2.24, 2.45) is 5.73 Å². The lowest BCUT2D eigenvalue weighted by molar-refractivity contribution is 0.100. The van der Waals surface area contributed by atoms with Crippen molar-refractivity contribution in [1.82, 2.24) is 9.88 Å². The summed E-state index contributed by atoms with van der Waals surface area (Å²) in [6.45, 7) is 5.83. The van der Waals surface area contributed by atoms with Crippen LogP contribution in [0.1, 0.15) is 29.2 Å². The van der Waals surface area contributed by atoms with Gasteiger partial charge in [0.1, 0.15) is 5.52 Å². The van der Waals surface area contributed by atoms with Gasteiger partial charge in [-0.15, -0.1) is 0 Å². The second-order valence-electron chi connectivity index (χ2n) is 6.63. The predicted molar refractivity (Wildman–Crippen MR) is 101 cm³/mol. The van der Waals surface area contributed by atoms with Gasteiger partial charge in [-0.25, -0.2) is 4.98 Å². The molecular formula is C20H22N4O2. The minimum atomic E-state index is -0.395.